The van der Waals surface area contributed by atoms with Crippen LogP contribution in [0.5, 0.6) is 0 Å². The summed E-state index contributed by atoms with van der Waals surface area (Å²) < 4.78 is 0. The van der Waals surface area contributed by atoms with Gasteiger partial charge in [0, 0.05) is 45.0 Å². The zero-order chi connectivity index (χ0) is 12.4. The number of anilines is 1. The van der Waals surface area contributed by atoms with Crippen molar-refractivity contribution in [3.05, 3.63) is 23.9 Å². The van der Waals surface area contributed by atoms with Crippen molar-refractivity contribution < 1.29 is 0 Å². The zero-order valence-corrected chi connectivity index (χ0v) is 11.1. The Morgan fingerprint density at radius 1 is 1.28 bits per heavy atom. The quantitative estimate of drug-likeness (QED) is 0.861. The molecule has 2 heterocycles. The van der Waals surface area contributed by atoms with Gasteiger partial charge in [0.05, 0.1) is 0 Å². The molecule has 1 aliphatic heterocycles. The Labute approximate surface area is 109 Å². The molecule has 18 heavy (non-hydrogen) atoms. The number of pyridine rings is 1. The van der Waals surface area contributed by atoms with E-state index >= 15 is 0 Å². The van der Waals surface area contributed by atoms with Gasteiger partial charge < -0.3 is 15.1 Å². The molecule has 0 bridgehead atoms. The van der Waals surface area contributed by atoms with Gasteiger partial charge in [-0.2, -0.15) is 0 Å². The number of hydrogen-bond acceptors (Lipinski definition) is 4. The number of hydrogen-bond donors (Lipinski definition) is 1. The average molecular weight is 246 g/mol. The van der Waals surface area contributed by atoms with Crippen molar-refractivity contribution in [2.45, 2.75) is 25.4 Å². The molecule has 4 nitrogen and oxygen atoms in total. The Bertz CT molecular complexity index is 395. The third-order valence-electron chi connectivity index (χ3n) is 3.81. The molecule has 0 radical (unpaired) electrons. The molecule has 1 aliphatic carbocycles. The molecule has 0 amide bonds. The van der Waals surface area contributed by atoms with Crippen LogP contribution in [0.25, 0.3) is 0 Å². The summed E-state index contributed by atoms with van der Waals surface area (Å²) in [6, 6.07) is 5.13. The summed E-state index contributed by atoms with van der Waals surface area (Å²) in [6.45, 7) is 5.42. The fourth-order valence-corrected chi connectivity index (χ4v) is 2.33. The molecular weight excluding hydrogens is 224 g/mol. The molecule has 1 saturated heterocycles. The third-order valence-corrected chi connectivity index (χ3v) is 3.81. The van der Waals surface area contributed by atoms with Gasteiger partial charge in [0.2, 0.25) is 0 Å². The average Bonchev–Trinajstić information content (AvgIpc) is 3.22. The lowest BCUT2D eigenvalue weighted by Crippen LogP contribution is -2.44. The van der Waals surface area contributed by atoms with Crippen molar-refractivity contribution in [1.82, 2.24) is 15.2 Å². The number of nitrogens with zero attached hydrogens (tertiary/aromatic N) is 3. The maximum absolute atomic E-state index is 4.51. The number of piperazine rings is 1. The first-order valence-corrected chi connectivity index (χ1v) is 6.93. The predicted octanol–water partition coefficient (Wildman–Crippen LogP) is 1.09. The number of rotatable bonds is 4. The van der Waals surface area contributed by atoms with E-state index in [1.165, 1.54) is 18.4 Å². The molecule has 2 fully saturated rings. The van der Waals surface area contributed by atoms with Crippen molar-refractivity contribution >= 4 is 5.82 Å². The summed E-state index contributed by atoms with van der Waals surface area (Å²) in [6.07, 6.45) is 4.63. The summed E-state index contributed by atoms with van der Waals surface area (Å²) in [5.41, 5.74) is 1.35. The number of likely N-dealkylation sites (N-methyl/N-ethyl adjacent to an activating group) is 1. The standard InChI is InChI=1S/C14H22N4/c1-17-6-8-18(9-7-17)14-10-12(4-5-15-14)11-16-13-2-3-13/h4-5,10,13,16H,2-3,6-9,11H2,1H3. The van der Waals surface area contributed by atoms with E-state index in [1.54, 1.807) is 0 Å². The summed E-state index contributed by atoms with van der Waals surface area (Å²) >= 11 is 0. The minimum absolute atomic E-state index is 0.769. The van der Waals surface area contributed by atoms with Crippen LogP contribution in [0.2, 0.25) is 0 Å². The topological polar surface area (TPSA) is 31.4 Å². The largest absolute Gasteiger partial charge is 0.354 e. The van der Waals surface area contributed by atoms with Gasteiger partial charge in [0.25, 0.3) is 0 Å². The lowest BCUT2D eigenvalue weighted by molar-refractivity contribution is 0.312. The maximum Gasteiger partial charge on any atom is 0.128 e. The molecule has 98 valence electrons. The van der Waals surface area contributed by atoms with Crippen LogP contribution < -0.4 is 10.2 Å². The van der Waals surface area contributed by atoms with Crippen molar-refractivity contribution in [2.75, 3.05) is 38.1 Å². The Hall–Kier alpha value is -1.13. The third kappa shape index (κ3) is 3.00. The van der Waals surface area contributed by atoms with E-state index in [9.17, 15) is 0 Å². The number of aromatic nitrogens is 1. The van der Waals surface area contributed by atoms with Gasteiger partial charge in [0.1, 0.15) is 5.82 Å². The van der Waals surface area contributed by atoms with Gasteiger partial charge in [-0.15, -0.1) is 0 Å². The predicted molar refractivity (Wildman–Crippen MR) is 73.8 cm³/mol. The Kier molecular flexibility index (Phi) is 3.48. The summed E-state index contributed by atoms with van der Waals surface area (Å²) in [5.74, 6) is 1.14. The van der Waals surface area contributed by atoms with Crippen LogP contribution in [-0.4, -0.2) is 49.2 Å². The maximum atomic E-state index is 4.51. The normalized spacial score (nSPS) is 21.3. The van der Waals surface area contributed by atoms with E-state index in [1.807, 2.05) is 6.20 Å². The fraction of sp³-hybridized carbons (Fsp3) is 0.643. The molecule has 4 heteroatoms. The molecule has 1 saturated carbocycles. The van der Waals surface area contributed by atoms with E-state index in [0.29, 0.717) is 0 Å². The first-order chi connectivity index (χ1) is 8.81. The van der Waals surface area contributed by atoms with Crippen molar-refractivity contribution in [3.63, 3.8) is 0 Å². The Balaban J connectivity index is 1.62. The van der Waals surface area contributed by atoms with Crippen LogP contribution in [-0.2, 0) is 6.54 Å². The van der Waals surface area contributed by atoms with Gasteiger partial charge in [-0.1, -0.05) is 0 Å². The molecule has 3 rings (SSSR count). The van der Waals surface area contributed by atoms with Crippen LogP contribution >= 0.6 is 0 Å². The smallest absolute Gasteiger partial charge is 0.128 e. The van der Waals surface area contributed by atoms with Crippen LogP contribution in [0.15, 0.2) is 18.3 Å². The highest BCUT2D eigenvalue weighted by Gasteiger charge is 2.20. The molecule has 1 aromatic rings. The summed E-state index contributed by atoms with van der Waals surface area (Å²) in [4.78, 5) is 9.27. The van der Waals surface area contributed by atoms with Crippen molar-refractivity contribution in [3.8, 4) is 0 Å². The molecule has 2 aliphatic rings. The first-order valence-electron chi connectivity index (χ1n) is 6.93. The Morgan fingerprint density at radius 3 is 2.78 bits per heavy atom. The number of nitrogens with one attached hydrogen (secondary N) is 1. The van der Waals surface area contributed by atoms with Gasteiger partial charge in [-0.25, -0.2) is 4.98 Å². The van der Waals surface area contributed by atoms with Gasteiger partial charge in [0.15, 0.2) is 0 Å². The summed E-state index contributed by atoms with van der Waals surface area (Å²) in [7, 11) is 2.18. The molecule has 0 aromatic carbocycles. The second-order valence-electron chi connectivity index (χ2n) is 5.47. The fourth-order valence-electron chi connectivity index (χ4n) is 2.33. The van der Waals surface area contributed by atoms with E-state index in [0.717, 1.165) is 44.6 Å². The van der Waals surface area contributed by atoms with Crippen molar-refractivity contribution in [2.24, 2.45) is 0 Å². The van der Waals surface area contributed by atoms with Crippen LogP contribution in [0.3, 0.4) is 0 Å². The second kappa shape index (κ2) is 5.24. The van der Waals surface area contributed by atoms with Crippen LogP contribution in [0.1, 0.15) is 18.4 Å². The lowest BCUT2D eigenvalue weighted by atomic mass is 10.2. The highest BCUT2D eigenvalue weighted by atomic mass is 15.3. The lowest BCUT2D eigenvalue weighted by Gasteiger charge is -2.33. The monoisotopic (exact) mass is 246 g/mol. The van der Waals surface area contributed by atoms with Gasteiger partial charge in [-0.3, -0.25) is 0 Å². The van der Waals surface area contributed by atoms with Gasteiger partial charge in [-0.05, 0) is 37.6 Å². The SMILES string of the molecule is CN1CCN(c2cc(CNC3CC3)ccn2)CC1. The van der Waals surface area contributed by atoms with Crippen LogP contribution in [0, 0.1) is 0 Å². The van der Waals surface area contributed by atoms with Gasteiger partial charge >= 0.3 is 0 Å². The molecular formula is C14H22N4. The molecule has 1 N–H and O–H groups in total. The molecule has 1 aromatic heterocycles. The first kappa shape index (κ1) is 11.9. The highest BCUT2D eigenvalue weighted by molar-refractivity contribution is 5.41. The van der Waals surface area contributed by atoms with Crippen molar-refractivity contribution in [1.29, 1.82) is 0 Å². The zero-order valence-electron chi connectivity index (χ0n) is 11.1. The van der Waals surface area contributed by atoms with E-state index in [4.69, 9.17) is 0 Å². The van der Waals surface area contributed by atoms with E-state index in [-0.39, 0.29) is 0 Å². The highest BCUT2D eigenvalue weighted by Crippen LogP contribution is 2.20. The molecule has 0 atom stereocenters. The van der Waals surface area contributed by atoms with E-state index in [2.05, 4.69) is 39.3 Å². The molecule has 0 unspecified atom stereocenters. The molecule has 0 spiro atoms. The Morgan fingerprint density at radius 2 is 2.06 bits per heavy atom. The second-order valence-corrected chi connectivity index (χ2v) is 5.47. The summed E-state index contributed by atoms with van der Waals surface area (Å²) in [5, 5.41) is 3.56. The van der Waals surface area contributed by atoms with Crippen LogP contribution in [0.4, 0.5) is 5.82 Å². The van der Waals surface area contributed by atoms with E-state index < -0.39 is 0 Å². The minimum atomic E-state index is 0.769. The minimum Gasteiger partial charge on any atom is -0.354 e.